The van der Waals surface area contributed by atoms with Crippen LogP contribution in [0.15, 0.2) is 40.9 Å². The molecular weight excluding hydrogens is 274 g/mol. The first-order chi connectivity index (χ1) is 8.09. The lowest BCUT2D eigenvalue weighted by Crippen LogP contribution is -2.09. The molecule has 0 heterocycles. The van der Waals surface area contributed by atoms with Crippen LogP contribution in [0.25, 0.3) is 16.8 Å². The number of rotatable bonds is 2. The molecule has 17 heavy (non-hydrogen) atoms. The first-order valence-corrected chi connectivity index (χ1v) is 6.42. The van der Waals surface area contributed by atoms with Crippen LogP contribution < -0.4 is 4.90 Å². The maximum absolute atomic E-state index is 3.51. The summed E-state index contributed by atoms with van der Waals surface area (Å²) in [6, 6.07) is 12.8. The first kappa shape index (κ1) is 12.2. The van der Waals surface area contributed by atoms with Gasteiger partial charge in [0.15, 0.2) is 0 Å². The highest BCUT2D eigenvalue weighted by atomic mass is 79.9. The summed E-state index contributed by atoms with van der Waals surface area (Å²) in [6.45, 7) is 2.05. The van der Waals surface area contributed by atoms with Crippen LogP contribution in [0.2, 0.25) is 0 Å². The van der Waals surface area contributed by atoms with Crippen molar-refractivity contribution in [1.29, 1.82) is 0 Å². The van der Waals surface area contributed by atoms with Crippen molar-refractivity contribution in [3.8, 4) is 0 Å². The number of fused-ring (bicyclic) bond motifs is 1. The monoisotopic (exact) mass is 289 g/mol. The molecule has 0 radical (unpaired) electrons. The summed E-state index contributed by atoms with van der Waals surface area (Å²) < 4.78 is 1.14. The van der Waals surface area contributed by atoms with Crippen LogP contribution in [-0.2, 0) is 0 Å². The smallest absolute Gasteiger partial charge is 0.0446 e. The zero-order chi connectivity index (χ0) is 12.4. The van der Waals surface area contributed by atoms with Crippen molar-refractivity contribution in [3.63, 3.8) is 0 Å². The Balaban J connectivity index is 2.80. The molecule has 0 saturated heterocycles. The minimum atomic E-state index is 1.14. The van der Waals surface area contributed by atoms with Crippen LogP contribution in [0.4, 0.5) is 5.69 Å². The topological polar surface area (TPSA) is 3.24 Å². The third-order valence-electron chi connectivity index (χ3n) is 2.75. The number of benzene rings is 2. The van der Waals surface area contributed by atoms with Gasteiger partial charge in [0.25, 0.3) is 0 Å². The predicted molar refractivity (Wildman–Crippen MR) is 80.9 cm³/mol. The van der Waals surface area contributed by atoms with E-state index in [9.17, 15) is 0 Å². The molecule has 2 rings (SSSR count). The van der Waals surface area contributed by atoms with Crippen molar-refractivity contribution in [2.45, 2.75) is 6.92 Å². The van der Waals surface area contributed by atoms with E-state index in [-0.39, 0.29) is 0 Å². The van der Waals surface area contributed by atoms with Crippen LogP contribution in [0.3, 0.4) is 0 Å². The van der Waals surface area contributed by atoms with Crippen molar-refractivity contribution < 1.29 is 0 Å². The highest BCUT2D eigenvalue weighted by Crippen LogP contribution is 2.30. The molecule has 0 amide bonds. The van der Waals surface area contributed by atoms with E-state index in [0.717, 1.165) is 4.48 Å². The van der Waals surface area contributed by atoms with E-state index in [1.807, 2.05) is 0 Å². The summed E-state index contributed by atoms with van der Waals surface area (Å²) in [7, 11) is 4.16. The van der Waals surface area contributed by atoms with Gasteiger partial charge in [-0.1, -0.05) is 46.3 Å². The van der Waals surface area contributed by atoms with Crippen LogP contribution >= 0.6 is 15.9 Å². The van der Waals surface area contributed by atoms with Gasteiger partial charge in [0.1, 0.15) is 0 Å². The third kappa shape index (κ3) is 2.52. The Morgan fingerprint density at radius 3 is 2.35 bits per heavy atom. The second-order valence-electron chi connectivity index (χ2n) is 4.35. The van der Waals surface area contributed by atoms with Crippen LogP contribution in [0.5, 0.6) is 0 Å². The lowest BCUT2D eigenvalue weighted by atomic mass is 10.0. The predicted octanol–water partition coefficient (Wildman–Crippen LogP) is 4.66. The van der Waals surface area contributed by atoms with E-state index in [0.29, 0.717) is 0 Å². The molecule has 88 valence electrons. The minimum absolute atomic E-state index is 1.14. The van der Waals surface area contributed by atoms with Gasteiger partial charge in [-0.25, -0.2) is 0 Å². The fourth-order valence-corrected chi connectivity index (χ4v) is 2.30. The maximum Gasteiger partial charge on any atom is 0.0446 e. The molecular formula is C15H16BrN. The first-order valence-electron chi connectivity index (χ1n) is 5.62. The van der Waals surface area contributed by atoms with E-state index in [1.165, 1.54) is 22.0 Å². The molecule has 2 aromatic carbocycles. The average molecular weight is 290 g/mol. The quantitative estimate of drug-likeness (QED) is 0.777. The second kappa shape index (κ2) is 4.92. The fourth-order valence-electron chi connectivity index (χ4n) is 2.06. The van der Waals surface area contributed by atoms with Crippen LogP contribution in [0, 0.1) is 0 Å². The standard InChI is InChI=1S/C15H16BrN/c1-11(16)10-13-8-4-6-12-7-5-9-14(15(12)13)17(2)3/h4-10H,1-3H3/b11-10+. The highest BCUT2D eigenvalue weighted by molar-refractivity contribution is 9.11. The molecule has 0 fully saturated rings. The largest absolute Gasteiger partial charge is 0.377 e. The summed E-state index contributed by atoms with van der Waals surface area (Å²) >= 11 is 3.51. The summed E-state index contributed by atoms with van der Waals surface area (Å²) in [5.41, 5.74) is 2.50. The van der Waals surface area contributed by atoms with Crippen molar-refractivity contribution in [3.05, 3.63) is 46.4 Å². The van der Waals surface area contributed by atoms with E-state index in [2.05, 4.69) is 84.3 Å². The molecule has 0 bridgehead atoms. The van der Waals surface area contributed by atoms with Crippen molar-refractivity contribution in [2.24, 2.45) is 0 Å². The number of allylic oxidation sites excluding steroid dienone is 1. The zero-order valence-electron chi connectivity index (χ0n) is 10.4. The van der Waals surface area contributed by atoms with Crippen molar-refractivity contribution in [2.75, 3.05) is 19.0 Å². The molecule has 0 saturated carbocycles. The fraction of sp³-hybridized carbons (Fsp3) is 0.200. The third-order valence-corrected chi connectivity index (χ3v) is 2.98. The molecule has 0 unspecified atom stereocenters. The highest BCUT2D eigenvalue weighted by Gasteiger charge is 2.06. The lowest BCUT2D eigenvalue weighted by molar-refractivity contribution is 1.14. The van der Waals surface area contributed by atoms with Gasteiger partial charge in [-0.05, 0) is 34.5 Å². The van der Waals surface area contributed by atoms with Gasteiger partial charge in [-0.3, -0.25) is 0 Å². The summed E-state index contributed by atoms with van der Waals surface area (Å²) in [6.07, 6.45) is 2.16. The molecule has 0 aliphatic heterocycles. The van der Waals surface area contributed by atoms with Gasteiger partial charge in [-0.2, -0.15) is 0 Å². The maximum atomic E-state index is 3.51. The van der Waals surface area contributed by atoms with Gasteiger partial charge in [0, 0.05) is 25.2 Å². The molecule has 2 aromatic rings. The molecule has 1 nitrogen and oxygen atoms in total. The summed E-state index contributed by atoms with van der Waals surface area (Å²) in [4.78, 5) is 2.16. The summed E-state index contributed by atoms with van der Waals surface area (Å²) in [5, 5.41) is 2.58. The number of hydrogen-bond acceptors (Lipinski definition) is 1. The number of halogens is 1. The normalized spacial score (nSPS) is 11.9. The van der Waals surface area contributed by atoms with Crippen molar-refractivity contribution >= 4 is 38.5 Å². The van der Waals surface area contributed by atoms with E-state index >= 15 is 0 Å². The molecule has 0 aromatic heterocycles. The summed E-state index contributed by atoms with van der Waals surface area (Å²) in [5.74, 6) is 0. The Labute approximate surface area is 111 Å². The Bertz CT molecular complexity index is 561. The Kier molecular flexibility index (Phi) is 3.53. The number of nitrogens with zero attached hydrogens (tertiary/aromatic N) is 1. The Morgan fingerprint density at radius 1 is 1.12 bits per heavy atom. The number of anilines is 1. The second-order valence-corrected chi connectivity index (χ2v) is 5.60. The Hall–Kier alpha value is -1.28. The minimum Gasteiger partial charge on any atom is -0.377 e. The van der Waals surface area contributed by atoms with E-state index in [4.69, 9.17) is 0 Å². The Morgan fingerprint density at radius 2 is 1.76 bits per heavy atom. The van der Waals surface area contributed by atoms with Gasteiger partial charge < -0.3 is 4.90 Å². The molecule has 2 heteroatoms. The molecule has 0 spiro atoms. The van der Waals surface area contributed by atoms with Gasteiger partial charge >= 0.3 is 0 Å². The SMILES string of the molecule is C/C(Br)=C\c1cccc2cccc(N(C)C)c12. The number of hydrogen-bond donors (Lipinski definition) is 0. The van der Waals surface area contributed by atoms with Gasteiger partial charge in [0.2, 0.25) is 0 Å². The van der Waals surface area contributed by atoms with Crippen LogP contribution in [0.1, 0.15) is 12.5 Å². The van der Waals surface area contributed by atoms with E-state index in [1.54, 1.807) is 0 Å². The van der Waals surface area contributed by atoms with Crippen LogP contribution in [-0.4, -0.2) is 14.1 Å². The average Bonchev–Trinajstić information content (AvgIpc) is 2.27. The molecule has 0 aliphatic carbocycles. The van der Waals surface area contributed by atoms with E-state index < -0.39 is 0 Å². The molecule has 0 aliphatic rings. The lowest BCUT2D eigenvalue weighted by Gasteiger charge is -2.17. The van der Waals surface area contributed by atoms with Crippen molar-refractivity contribution in [1.82, 2.24) is 0 Å². The molecule has 0 atom stereocenters. The van der Waals surface area contributed by atoms with Gasteiger partial charge in [-0.15, -0.1) is 0 Å². The van der Waals surface area contributed by atoms with Gasteiger partial charge in [0.05, 0.1) is 0 Å². The zero-order valence-corrected chi connectivity index (χ0v) is 12.0. The molecule has 0 N–H and O–H groups in total.